The van der Waals surface area contributed by atoms with E-state index in [2.05, 4.69) is 41.1 Å². The van der Waals surface area contributed by atoms with Gasteiger partial charge in [-0.05, 0) is 60.4 Å². The van der Waals surface area contributed by atoms with Gasteiger partial charge in [-0.3, -0.25) is 4.90 Å². The van der Waals surface area contributed by atoms with Gasteiger partial charge in [-0.1, -0.05) is 72.8 Å². The summed E-state index contributed by atoms with van der Waals surface area (Å²) in [6.07, 6.45) is -2.19. The van der Waals surface area contributed by atoms with Gasteiger partial charge in [0.25, 0.3) is 0 Å². The third kappa shape index (κ3) is 6.98. The lowest BCUT2D eigenvalue weighted by molar-refractivity contribution is -0.140. The van der Waals surface area contributed by atoms with Crippen LogP contribution >= 0.6 is 0 Å². The Balaban J connectivity index is 1.39. The van der Waals surface area contributed by atoms with E-state index in [0.29, 0.717) is 31.7 Å². The summed E-state index contributed by atoms with van der Waals surface area (Å²) in [5.41, 5.74) is 2.49. The van der Waals surface area contributed by atoms with E-state index < -0.39 is 17.6 Å². The van der Waals surface area contributed by atoms with Gasteiger partial charge in [-0.25, -0.2) is 4.39 Å². The van der Waals surface area contributed by atoms with Crippen molar-refractivity contribution in [2.45, 2.75) is 38.0 Å². The van der Waals surface area contributed by atoms with E-state index in [1.54, 1.807) is 0 Å². The lowest BCUT2D eigenvalue weighted by atomic mass is 9.90. The molecule has 0 fully saturated rings. The summed E-state index contributed by atoms with van der Waals surface area (Å²) in [6.45, 7) is 3.41. The molecule has 1 heterocycles. The first-order valence-electron chi connectivity index (χ1n) is 13.7. The summed E-state index contributed by atoms with van der Waals surface area (Å²) in [5, 5.41) is 1.01. The zero-order valence-electron chi connectivity index (χ0n) is 22.7. The Bertz CT molecular complexity index is 1510. The molecule has 0 aliphatic rings. The van der Waals surface area contributed by atoms with Crippen LogP contribution in [0.25, 0.3) is 10.9 Å². The van der Waals surface area contributed by atoms with Gasteiger partial charge >= 0.3 is 6.18 Å². The molecule has 1 N–H and O–H groups in total. The molecular weight excluding hydrogens is 528 g/mol. The van der Waals surface area contributed by atoms with E-state index >= 15 is 0 Å². The van der Waals surface area contributed by atoms with Crippen molar-refractivity contribution in [2.24, 2.45) is 0 Å². The Morgan fingerprint density at radius 1 is 0.829 bits per heavy atom. The Hall–Kier alpha value is -4.10. The summed E-state index contributed by atoms with van der Waals surface area (Å²) in [6, 6.07) is 31.3. The van der Waals surface area contributed by atoms with Crippen molar-refractivity contribution < 1.29 is 22.3 Å². The summed E-state index contributed by atoms with van der Waals surface area (Å²) in [4.78, 5) is 5.39. The fraction of sp³-hybridized carbons (Fsp3) is 0.235. The molecule has 0 saturated carbocycles. The van der Waals surface area contributed by atoms with Crippen LogP contribution in [0.1, 0.15) is 41.5 Å². The highest BCUT2D eigenvalue weighted by Crippen LogP contribution is 2.33. The third-order valence-electron chi connectivity index (χ3n) is 7.52. The number of fused-ring (bicyclic) bond motifs is 1. The van der Waals surface area contributed by atoms with Crippen LogP contribution in [0.4, 0.5) is 17.6 Å². The molecule has 0 amide bonds. The molecule has 5 aromatic rings. The van der Waals surface area contributed by atoms with Crippen LogP contribution < -0.4 is 4.74 Å². The van der Waals surface area contributed by atoms with Crippen LogP contribution in [0.2, 0.25) is 0 Å². The number of H-pyrrole nitrogens is 1. The monoisotopic (exact) mass is 560 g/mol. The maximum absolute atomic E-state index is 14.5. The first-order chi connectivity index (χ1) is 19.8. The molecule has 0 radical (unpaired) electrons. The normalized spacial score (nSPS) is 12.8. The third-order valence-corrected chi connectivity index (χ3v) is 7.52. The highest BCUT2D eigenvalue weighted by molar-refractivity contribution is 5.85. The molecule has 0 saturated heterocycles. The van der Waals surface area contributed by atoms with Crippen LogP contribution in [0.3, 0.4) is 0 Å². The van der Waals surface area contributed by atoms with Gasteiger partial charge in [-0.2, -0.15) is 13.2 Å². The second kappa shape index (κ2) is 12.6. The standard InChI is InChI=1S/C34H32F4N2O/c1-24(18-20-41-33-14-8-13-32-28(33)17-19-39-32)40(22-25-15-16-30(31(35)21-25)34(36,37)38)23-29(26-9-4-2-5-10-26)27-11-6-3-7-12-27/h2-17,19,21,24,29,39H,18,20,22-23H2,1H3. The molecule has 1 unspecified atom stereocenters. The number of nitrogens with one attached hydrogen (secondary N) is 1. The van der Waals surface area contributed by atoms with Gasteiger partial charge in [0.1, 0.15) is 11.6 Å². The molecule has 4 aromatic carbocycles. The molecule has 1 aromatic heterocycles. The summed E-state index contributed by atoms with van der Waals surface area (Å²) in [7, 11) is 0. The Morgan fingerprint density at radius 3 is 2.15 bits per heavy atom. The minimum Gasteiger partial charge on any atom is -0.493 e. The quantitative estimate of drug-likeness (QED) is 0.164. The number of aromatic amines is 1. The van der Waals surface area contributed by atoms with E-state index in [1.165, 1.54) is 6.07 Å². The van der Waals surface area contributed by atoms with Gasteiger partial charge < -0.3 is 9.72 Å². The fourth-order valence-corrected chi connectivity index (χ4v) is 5.23. The molecule has 212 valence electrons. The van der Waals surface area contributed by atoms with E-state index in [9.17, 15) is 17.6 Å². The Morgan fingerprint density at radius 2 is 1.51 bits per heavy atom. The van der Waals surface area contributed by atoms with Gasteiger partial charge in [0.05, 0.1) is 12.2 Å². The summed E-state index contributed by atoms with van der Waals surface area (Å²) in [5.74, 6) is -0.458. The van der Waals surface area contributed by atoms with Crippen molar-refractivity contribution in [3.05, 3.63) is 137 Å². The topological polar surface area (TPSA) is 28.3 Å². The first-order valence-corrected chi connectivity index (χ1v) is 13.7. The predicted molar refractivity (Wildman–Crippen MR) is 154 cm³/mol. The highest BCUT2D eigenvalue weighted by atomic mass is 19.4. The molecule has 0 aliphatic carbocycles. The average Bonchev–Trinajstić information content (AvgIpc) is 3.45. The zero-order chi connectivity index (χ0) is 28.8. The van der Waals surface area contributed by atoms with E-state index in [0.717, 1.165) is 39.9 Å². The van der Waals surface area contributed by atoms with Gasteiger partial charge in [0.2, 0.25) is 0 Å². The maximum Gasteiger partial charge on any atom is 0.419 e. The highest BCUT2D eigenvalue weighted by Gasteiger charge is 2.34. The van der Waals surface area contributed by atoms with Gasteiger partial charge in [0.15, 0.2) is 0 Å². The van der Waals surface area contributed by atoms with Crippen LogP contribution in [0, 0.1) is 5.82 Å². The van der Waals surface area contributed by atoms with Crippen LogP contribution in [-0.2, 0) is 12.7 Å². The number of hydrogen-bond acceptors (Lipinski definition) is 2. The largest absolute Gasteiger partial charge is 0.493 e. The van der Waals surface area contributed by atoms with Crippen molar-refractivity contribution >= 4 is 10.9 Å². The number of halogens is 4. The van der Waals surface area contributed by atoms with Crippen molar-refractivity contribution in [3.8, 4) is 5.75 Å². The molecule has 41 heavy (non-hydrogen) atoms. The molecule has 0 spiro atoms. The van der Waals surface area contributed by atoms with Gasteiger partial charge in [0, 0.05) is 42.1 Å². The zero-order valence-corrected chi connectivity index (χ0v) is 22.7. The minimum atomic E-state index is -4.74. The smallest absolute Gasteiger partial charge is 0.419 e. The van der Waals surface area contributed by atoms with Crippen molar-refractivity contribution in [2.75, 3.05) is 13.2 Å². The SMILES string of the molecule is CC(CCOc1cccc2[nH]ccc12)N(Cc1ccc(C(F)(F)F)c(F)c1)CC(c1ccccc1)c1ccccc1. The fourth-order valence-electron chi connectivity index (χ4n) is 5.23. The molecule has 7 heteroatoms. The van der Waals surface area contributed by atoms with E-state index in [1.807, 2.05) is 66.9 Å². The molecule has 1 atom stereocenters. The number of rotatable bonds is 11. The van der Waals surface area contributed by atoms with Crippen LogP contribution in [0.5, 0.6) is 5.75 Å². The number of hydrogen-bond donors (Lipinski definition) is 1. The first kappa shape index (κ1) is 28.4. The van der Waals surface area contributed by atoms with Crippen molar-refractivity contribution in [1.29, 1.82) is 0 Å². The number of benzene rings is 4. The van der Waals surface area contributed by atoms with E-state index in [-0.39, 0.29) is 12.0 Å². The second-order valence-corrected chi connectivity index (χ2v) is 10.3. The lowest BCUT2D eigenvalue weighted by Gasteiger charge is -2.33. The number of ether oxygens (including phenoxy) is 1. The maximum atomic E-state index is 14.5. The Kier molecular flexibility index (Phi) is 8.74. The van der Waals surface area contributed by atoms with Crippen molar-refractivity contribution in [1.82, 2.24) is 9.88 Å². The molecular formula is C34H32F4N2O. The number of aromatic nitrogens is 1. The number of nitrogens with zero attached hydrogens (tertiary/aromatic N) is 1. The molecule has 3 nitrogen and oxygen atoms in total. The summed E-state index contributed by atoms with van der Waals surface area (Å²) >= 11 is 0. The molecule has 0 aliphatic heterocycles. The lowest BCUT2D eigenvalue weighted by Crippen LogP contribution is -2.37. The second-order valence-electron chi connectivity index (χ2n) is 10.3. The van der Waals surface area contributed by atoms with E-state index in [4.69, 9.17) is 4.74 Å². The average molecular weight is 561 g/mol. The Labute approximate surface area is 237 Å². The van der Waals surface area contributed by atoms with Crippen molar-refractivity contribution in [3.63, 3.8) is 0 Å². The molecule has 5 rings (SSSR count). The van der Waals surface area contributed by atoms with Crippen LogP contribution in [-0.4, -0.2) is 29.1 Å². The predicted octanol–water partition coefficient (Wildman–Crippen LogP) is 8.82. The number of alkyl halides is 3. The minimum absolute atomic E-state index is 0.00803. The summed E-state index contributed by atoms with van der Waals surface area (Å²) < 4.78 is 60.3. The molecule has 0 bridgehead atoms. The van der Waals surface area contributed by atoms with Crippen LogP contribution in [0.15, 0.2) is 109 Å². The van der Waals surface area contributed by atoms with Gasteiger partial charge in [-0.15, -0.1) is 0 Å².